The van der Waals surface area contributed by atoms with Crippen molar-refractivity contribution in [3.8, 4) is 17.0 Å². The molecule has 0 amide bonds. The van der Waals surface area contributed by atoms with Crippen LogP contribution in [0.25, 0.3) is 22.0 Å². The van der Waals surface area contributed by atoms with Gasteiger partial charge in [-0.25, -0.2) is 4.99 Å². The van der Waals surface area contributed by atoms with Crippen molar-refractivity contribution < 1.29 is 4.74 Å². The van der Waals surface area contributed by atoms with Gasteiger partial charge in [0.25, 0.3) is 0 Å². The number of thiazole rings is 1. The van der Waals surface area contributed by atoms with Crippen LogP contribution >= 0.6 is 11.3 Å². The summed E-state index contributed by atoms with van der Waals surface area (Å²) in [4.78, 5) is 7.24. The van der Waals surface area contributed by atoms with Crippen molar-refractivity contribution in [3.63, 3.8) is 0 Å². The van der Waals surface area contributed by atoms with Crippen LogP contribution in [0.2, 0.25) is 0 Å². The van der Waals surface area contributed by atoms with Gasteiger partial charge in [-0.05, 0) is 48.2 Å². The molecule has 0 bridgehead atoms. The Bertz CT molecular complexity index is 1190. The van der Waals surface area contributed by atoms with Gasteiger partial charge >= 0.3 is 0 Å². The number of aromatic nitrogens is 1. The molecule has 0 aliphatic carbocycles. The molecule has 4 rings (SSSR count). The van der Waals surface area contributed by atoms with Crippen LogP contribution < -0.4 is 9.54 Å². The number of aryl methyl sites for hydroxylation is 1. The van der Waals surface area contributed by atoms with Crippen LogP contribution in [0.5, 0.6) is 5.75 Å². The first-order valence-electron chi connectivity index (χ1n) is 9.19. The van der Waals surface area contributed by atoms with E-state index in [2.05, 4.69) is 72.7 Å². The number of rotatable bonds is 5. The highest BCUT2D eigenvalue weighted by Crippen LogP contribution is 2.29. The van der Waals surface area contributed by atoms with Crippen molar-refractivity contribution in [1.29, 1.82) is 0 Å². The molecule has 28 heavy (non-hydrogen) atoms. The van der Waals surface area contributed by atoms with Crippen molar-refractivity contribution in [2.45, 2.75) is 13.5 Å². The van der Waals surface area contributed by atoms with Crippen LogP contribution in [-0.2, 0) is 6.54 Å². The SMILES string of the molecule is C=CCn1c(-c2ccc(OC)cc2)c(C)sc1=Nc1cccc2ccccc12. The quantitative estimate of drug-likeness (QED) is 0.380. The highest BCUT2D eigenvalue weighted by Gasteiger charge is 2.12. The average Bonchev–Trinajstić information content (AvgIpc) is 3.03. The summed E-state index contributed by atoms with van der Waals surface area (Å²) < 4.78 is 7.53. The second-order valence-corrected chi connectivity index (χ2v) is 7.71. The summed E-state index contributed by atoms with van der Waals surface area (Å²) in [5, 5.41) is 2.36. The van der Waals surface area contributed by atoms with Gasteiger partial charge in [-0.15, -0.1) is 17.9 Å². The second kappa shape index (κ2) is 7.87. The molecule has 0 fully saturated rings. The third-order valence-electron chi connectivity index (χ3n) is 4.74. The average molecular weight is 387 g/mol. The Morgan fingerprint density at radius 1 is 1.04 bits per heavy atom. The topological polar surface area (TPSA) is 26.5 Å². The Kier molecular flexibility index (Phi) is 5.13. The van der Waals surface area contributed by atoms with Gasteiger partial charge < -0.3 is 9.30 Å². The lowest BCUT2D eigenvalue weighted by molar-refractivity contribution is 0.415. The maximum atomic E-state index is 5.30. The van der Waals surface area contributed by atoms with Crippen LogP contribution in [0.1, 0.15) is 4.88 Å². The number of fused-ring (bicyclic) bond motifs is 1. The van der Waals surface area contributed by atoms with Gasteiger partial charge in [0.15, 0.2) is 4.80 Å². The highest BCUT2D eigenvalue weighted by atomic mass is 32.1. The summed E-state index contributed by atoms with van der Waals surface area (Å²) >= 11 is 1.71. The first-order chi connectivity index (χ1) is 13.7. The maximum absolute atomic E-state index is 5.30. The molecule has 1 aromatic heterocycles. The van der Waals surface area contributed by atoms with Gasteiger partial charge in [0.05, 0.1) is 18.5 Å². The lowest BCUT2D eigenvalue weighted by atomic mass is 10.1. The molecule has 0 saturated heterocycles. The van der Waals surface area contributed by atoms with Gasteiger partial charge in [0.1, 0.15) is 5.75 Å². The van der Waals surface area contributed by atoms with Crippen molar-refractivity contribution in [2.24, 2.45) is 4.99 Å². The van der Waals surface area contributed by atoms with Gasteiger partial charge in [-0.3, -0.25) is 0 Å². The zero-order valence-corrected chi connectivity index (χ0v) is 16.9. The number of hydrogen-bond donors (Lipinski definition) is 0. The zero-order chi connectivity index (χ0) is 19.5. The summed E-state index contributed by atoms with van der Waals surface area (Å²) in [5.41, 5.74) is 3.31. The molecule has 1 heterocycles. The van der Waals surface area contributed by atoms with E-state index in [0.29, 0.717) is 6.54 Å². The van der Waals surface area contributed by atoms with Crippen LogP contribution in [0.4, 0.5) is 5.69 Å². The summed E-state index contributed by atoms with van der Waals surface area (Å²) in [6.45, 7) is 6.80. The summed E-state index contributed by atoms with van der Waals surface area (Å²) in [6, 6.07) is 22.8. The molecule has 3 nitrogen and oxygen atoms in total. The van der Waals surface area contributed by atoms with E-state index in [1.165, 1.54) is 16.0 Å². The van der Waals surface area contributed by atoms with E-state index in [4.69, 9.17) is 9.73 Å². The fourth-order valence-electron chi connectivity index (χ4n) is 3.42. The molecule has 0 saturated carbocycles. The second-order valence-electron chi connectivity index (χ2n) is 6.53. The molecule has 0 unspecified atom stereocenters. The van der Waals surface area contributed by atoms with E-state index < -0.39 is 0 Å². The Morgan fingerprint density at radius 3 is 2.54 bits per heavy atom. The minimum atomic E-state index is 0.704. The number of ether oxygens (including phenoxy) is 1. The van der Waals surface area contributed by atoms with E-state index in [1.54, 1.807) is 18.4 Å². The fourth-order valence-corrected chi connectivity index (χ4v) is 4.44. The van der Waals surface area contributed by atoms with Gasteiger partial charge in [-0.1, -0.05) is 42.5 Å². The third kappa shape index (κ3) is 3.39. The number of methoxy groups -OCH3 is 1. The first kappa shape index (κ1) is 18.3. The summed E-state index contributed by atoms with van der Waals surface area (Å²) in [6.07, 6.45) is 1.92. The van der Waals surface area contributed by atoms with Crippen molar-refractivity contribution in [1.82, 2.24) is 4.57 Å². The monoisotopic (exact) mass is 386 g/mol. The highest BCUT2D eigenvalue weighted by molar-refractivity contribution is 7.09. The molecule has 0 aliphatic heterocycles. The molecular weight excluding hydrogens is 364 g/mol. The fraction of sp³-hybridized carbons (Fsp3) is 0.125. The molecule has 0 radical (unpaired) electrons. The first-order valence-corrected chi connectivity index (χ1v) is 10.0. The molecular formula is C24H22N2OS. The van der Waals surface area contributed by atoms with Gasteiger partial charge in [0, 0.05) is 16.8 Å². The van der Waals surface area contributed by atoms with Crippen LogP contribution in [0.3, 0.4) is 0 Å². The number of hydrogen-bond acceptors (Lipinski definition) is 3. The Balaban J connectivity index is 1.92. The minimum Gasteiger partial charge on any atom is -0.497 e. The predicted octanol–water partition coefficient (Wildman–Crippen LogP) is 6.11. The predicted molar refractivity (Wildman–Crippen MR) is 118 cm³/mol. The van der Waals surface area contributed by atoms with Gasteiger partial charge in [0.2, 0.25) is 0 Å². The number of nitrogens with zero attached hydrogens (tertiary/aromatic N) is 2. The Morgan fingerprint density at radius 2 is 1.79 bits per heavy atom. The Labute approximate surface area is 168 Å². The standard InChI is InChI=1S/C24H22N2OS/c1-4-16-26-23(19-12-14-20(27-3)15-13-19)17(2)28-24(26)25-22-11-7-9-18-8-5-6-10-21(18)22/h4-15H,1,16H2,2-3H3. The molecule has 0 spiro atoms. The largest absolute Gasteiger partial charge is 0.497 e. The van der Waals surface area contributed by atoms with Crippen molar-refractivity contribution in [3.05, 3.63) is 89.1 Å². The van der Waals surface area contributed by atoms with E-state index in [9.17, 15) is 0 Å². The van der Waals surface area contributed by atoms with E-state index >= 15 is 0 Å². The van der Waals surface area contributed by atoms with Gasteiger partial charge in [-0.2, -0.15) is 0 Å². The lowest BCUT2D eigenvalue weighted by Crippen LogP contribution is -2.14. The third-order valence-corrected chi connectivity index (χ3v) is 5.73. The molecule has 4 heteroatoms. The van der Waals surface area contributed by atoms with Crippen molar-refractivity contribution >= 4 is 27.8 Å². The van der Waals surface area contributed by atoms with E-state index in [0.717, 1.165) is 27.2 Å². The molecule has 4 aromatic rings. The lowest BCUT2D eigenvalue weighted by Gasteiger charge is -2.09. The summed E-state index contributed by atoms with van der Waals surface area (Å²) in [7, 11) is 1.68. The van der Waals surface area contributed by atoms with Crippen LogP contribution in [-0.4, -0.2) is 11.7 Å². The minimum absolute atomic E-state index is 0.704. The Hall–Kier alpha value is -3.11. The molecule has 0 aliphatic rings. The van der Waals surface area contributed by atoms with Crippen LogP contribution in [0, 0.1) is 6.92 Å². The molecule has 0 atom stereocenters. The summed E-state index contributed by atoms with van der Waals surface area (Å²) in [5.74, 6) is 0.854. The normalized spacial score (nSPS) is 11.7. The molecule has 3 aromatic carbocycles. The van der Waals surface area contributed by atoms with E-state index in [-0.39, 0.29) is 0 Å². The smallest absolute Gasteiger partial charge is 0.190 e. The maximum Gasteiger partial charge on any atom is 0.190 e. The number of benzene rings is 3. The number of allylic oxidation sites excluding steroid dienone is 1. The van der Waals surface area contributed by atoms with Crippen LogP contribution in [0.15, 0.2) is 84.4 Å². The molecule has 0 N–H and O–H groups in total. The van der Waals surface area contributed by atoms with Crippen molar-refractivity contribution in [2.75, 3.05) is 7.11 Å². The van der Waals surface area contributed by atoms with E-state index in [1.807, 2.05) is 18.2 Å². The molecule has 140 valence electrons. The zero-order valence-electron chi connectivity index (χ0n) is 16.1.